The first-order chi connectivity index (χ1) is 19.9. The molecule has 1 unspecified atom stereocenters. The van der Waals surface area contributed by atoms with Crippen molar-refractivity contribution < 1.29 is 22.8 Å². The zero-order valence-electron chi connectivity index (χ0n) is 23.1. The molecule has 0 saturated carbocycles. The van der Waals surface area contributed by atoms with Gasteiger partial charge in [0.05, 0.1) is 12.1 Å². The highest BCUT2D eigenvalue weighted by Gasteiger charge is 2.35. The average molecular weight is 578 g/mol. The van der Waals surface area contributed by atoms with Gasteiger partial charge in [0.2, 0.25) is 11.8 Å². The number of hydrogen-bond donors (Lipinski definition) is 3. The first-order valence-electron chi connectivity index (χ1n) is 13.4. The maximum absolute atomic E-state index is 13.8. The fourth-order valence-corrected chi connectivity index (χ4v) is 5.10. The number of hydrogen-bond acceptors (Lipinski definition) is 6. The Morgan fingerprint density at radius 3 is 2.43 bits per heavy atom. The Balaban J connectivity index is 1.45. The zero-order chi connectivity index (χ0) is 30.1. The van der Waals surface area contributed by atoms with E-state index in [4.69, 9.17) is 5.73 Å². The molecule has 0 bridgehead atoms. The summed E-state index contributed by atoms with van der Waals surface area (Å²) in [7, 11) is 0. The van der Waals surface area contributed by atoms with Gasteiger partial charge in [-0.25, -0.2) is 5.10 Å². The van der Waals surface area contributed by atoms with E-state index >= 15 is 0 Å². The molecule has 4 N–H and O–H groups in total. The minimum Gasteiger partial charge on any atom is -0.344 e. The van der Waals surface area contributed by atoms with Gasteiger partial charge in [-0.15, -0.1) is 5.10 Å². The molecule has 0 spiro atoms. The second-order valence-electron chi connectivity index (χ2n) is 11.1. The molecular formula is C30H30F3N7O2. The van der Waals surface area contributed by atoms with E-state index in [2.05, 4.69) is 25.9 Å². The average Bonchev–Trinajstić information content (AvgIpc) is 3.44. The third-order valence-electron chi connectivity index (χ3n) is 7.05. The Labute approximate surface area is 240 Å². The summed E-state index contributed by atoms with van der Waals surface area (Å²) >= 11 is 0. The highest BCUT2D eigenvalue weighted by molar-refractivity contribution is 6.00. The fraction of sp³-hybridized carbons (Fsp3) is 0.300. The summed E-state index contributed by atoms with van der Waals surface area (Å²) < 4.78 is 40.6. The highest BCUT2D eigenvalue weighted by atomic mass is 19.4. The van der Waals surface area contributed by atoms with Gasteiger partial charge in [0.1, 0.15) is 6.04 Å². The number of fused-ring (bicyclic) bond motifs is 1. The number of nitrogens with one attached hydrogen (secondary N) is 2. The molecule has 0 aliphatic carbocycles. The number of nitrogens with two attached hydrogens (primary N) is 1. The van der Waals surface area contributed by atoms with Gasteiger partial charge in [-0.05, 0) is 77.6 Å². The molecule has 12 heteroatoms. The second-order valence-corrected chi connectivity index (χ2v) is 11.1. The van der Waals surface area contributed by atoms with Gasteiger partial charge in [0, 0.05) is 23.2 Å². The van der Waals surface area contributed by atoms with Crippen LogP contribution in [0, 0.1) is 0 Å². The number of halogens is 3. The Bertz CT molecular complexity index is 1580. The Kier molecular flexibility index (Phi) is 7.83. The van der Waals surface area contributed by atoms with E-state index in [1.165, 1.54) is 11.0 Å². The molecule has 3 aromatic carbocycles. The van der Waals surface area contributed by atoms with E-state index in [0.29, 0.717) is 17.1 Å². The van der Waals surface area contributed by atoms with Crippen LogP contribution in [0.3, 0.4) is 0 Å². The van der Waals surface area contributed by atoms with Crippen molar-refractivity contribution in [3.05, 3.63) is 83.4 Å². The summed E-state index contributed by atoms with van der Waals surface area (Å²) in [4.78, 5) is 27.9. The number of carbonyl (C=O) groups excluding carboxylic acids is 2. The molecule has 218 valence electrons. The predicted molar refractivity (Wildman–Crippen MR) is 151 cm³/mol. The minimum atomic E-state index is -4.52. The van der Waals surface area contributed by atoms with Crippen molar-refractivity contribution in [2.75, 3.05) is 4.90 Å². The van der Waals surface area contributed by atoms with Gasteiger partial charge < -0.3 is 16.0 Å². The van der Waals surface area contributed by atoms with Crippen LogP contribution >= 0.6 is 0 Å². The highest BCUT2D eigenvalue weighted by Crippen LogP contribution is 2.36. The molecule has 0 fully saturated rings. The lowest BCUT2D eigenvalue weighted by atomic mass is 9.98. The lowest BCUT2D eigenvalue weighted by molar-refractivity contribution is -0.137. The number of H-pyrrole nitrogens is 1. The normalized spacial score (nSPS) is 15.7. The Hall–Kier alpha value is -4.58. The van der Waals surface area contributed by atoms with E-state index in [0.717, 1.165) is 34.4 Å². The van der Waals surface area contributed by atoms with Crippen molar-refractivity contribution in [1.29, 1.82) is 0 Å². The Morgan fingerprint density at radius 1 is 1.07 bits per heavy atom. The second kappa shape index (κ2) is 11.4. The molecule has 1 aliphatic rings. The maximum Gasteiger partial charge on any atom is 0.416 e. The number of rotatable bonds is 7. The minimum absolute atomic E-state index is 0.00494. The van der Waals surface area contributed by atoms with E-state index in [1.54, 1.807) is 13.8 Å². The summed E-state index contributed by atoms with van der Waals surface area (Å²) in [5.74, 6) is -0.276. The molecule has 5 rings (SSSR count). The van der Waals surface area contributed by atoms with E-state index in [1.807, 2.05) is 48.5 Å². The van der Waals surface area contributed by atoms with Gasteiger partial charge in [0.25, 0.3) is 0 Å². The molecule has 42 heavy (non-hydrogen) atoms. The third kappa shape index (κ3) is 6.49. The predicted octanol–water partition coefficient (Wildman–Crippen LogP) is 4.64. The lowest BCUT2D eigenvalue weighted by Gasteiger charge is -2.27. The molecule has 1 aliphatic heterocycles. The van der Waals surface area contributed by atoms with Crippen molar-refractivity contribution in [1.82, 2.24) is 25.9 Å². The van der Waals surface area contributed by atoms with Gasteiger partial charge in [-0.3, -0.25) is 9.59 Å². The number of carbonyl (C=O) groups is 2. The molecule has 0 saturated heterocycles. The number of aromatic amines is 1. The molecule has 1 aromatic heterocycles. The molecular weight excluding hydrogens is 547 g/mol. The van der Waals surface area contributed by atoms with E-state index in [-0.39, 0.29) is 25.8 Å². The van der Waals surface area contributed by atoms with Gasteiger partial charge in [-0.2, -0.15) is 13.2 Å². The SMILES string of the molecule is CC(C)(N)CC(=O)NC1CCc2cc(C(F)(F)F)ccc2N(Cc2ccc(-c3ccccc3-c3nnn[nH]3)cc2)C1=O. The molecule has 4 aromatic rings. The van der Waals surface area contributed by atoms with Crippen molar-refractivity contribution in [3.63, 3.8) is 0 Å². The van der Waals surface area contributed by atoms with Gasteiger partial charge in [-0.1, -0.05) is 48.5 Å². The van der Waals surface area contributed by atoms with Crippen LogP contribution in [0.2, 0.25) is 0 Å². The summed E-state index contributed by atoms with van der Waals surface area (Å²) in [5, 5.41) is 16.8. The quantitative estimate of drug-likeness (QED) is 0.293. The molecule has 2 heterocycles. The largest absolute Gasteiger partial charge is 0.416 e. The monoisotopic (exact) mass is 577 g/mol. The smallest absolute Gasteiger partial charge is 0.344 e. The number of benzene rings is 3. The lowest BCUT2D eigenvalue weighted by Crippen LogP contribution is -2.49. The number of aryl methyl sites for hydroxylation is 1. The Morgan fingerprint density at radius 2 is 1.79 bits per heavy atom. The molecule has 9 nitrogen and oxygen atoms in total. The molecule has 2 amide bonds. The van der Waals surface area contributed by atoms with Crippen LogP contribution in [-0.4, -0.2) is 44.0 Å². The maximum atomic E-state index is 13.8. The van der Waals surface area contributed by atoms with Crippen LogP contribution in [0.15, 0.2) is 66.7 Å². The van der Waals surface area contributed by atoms with E-state index < -0.39 is 35.1 Å². The van der Waals surface area contributed by atoms with Crippen molar-refractivity contribution in [3.8, 4) is 22.5 Å². The third-order valence-corrected chi connectivity index (χ3v) is 7.05. The van der Waals surface area contributed by atoms with Crippen molar-refractivity contribution in [2.24, 2.45) is 5.73 Å². The summed E-state index contributed by atoms with van der Waals surface area (Å²) in [5.41, 5.74) is 8.53. The number of amides is 2. The van der Waals surface area contributed by atoms with Crippen LogP contribution in [0.1, 0.15) is 43.4 Å². The van der Waals surface area contributed by atoms with E-state index in [9.17, 15) is 22.8 Å². The van der Waals surface area contributed by atoms with Gasteiger partial charge >= 0.3 is 6.18 Å². The van der Waals surface area contributed by atoms with Crippen LogP contribution < -0.4 is 16.0 Å². The van der Waals surface area contributed by atoms with Crippen LogP contribution in [0.4, 0.5) is 18.9 Å². The van der Waals surface area contributed by atoms with Crippen LogP contribution in [0.25, 0.3) is 22.5 Å². The van der Waals surface area contributed by atoms with Crippen molar-refractivity contribution in [2.45, 2.75) is 57.4 Å². The standard InChI is InChI=1S/C30H30F3N7O2/c1-29(2,34)16-26(41)35-24-13-11-20-15-21(30(31,32)33)12-14-25(20)40(28(24)42)17-18-7-9-19(10-8-18)22-5-3-4-6-23(22)27-36-38-39-37-27/h3-10,12,14-15,24H,11,13,16-17,34H2,1-2H3,(H,35,41)(H,36,37,38,39). The van der Waals surface area contributed by atoms with Crippen LogP contribution in [-0.2, 0) is 28.7 Å². The van der Waals surface area contributed by atoms with Crippen molar-refractivity contribution >= 4 is 17.5 Å². The zero-order valence-corrected chi connectivity index (χ0v) is 23.1. The summed E-state index contributed by atoms with van der Waals surface area (Å²) in [6.45, 7) is 3.50. The summed E-state index contributed by atoms with van der Waals surface area (Å²) in [6, 6.07) is 17.6. The first kappa shape index (κ1) is 28.9. The number of aromatic nitrogens is 4. The first-order valence-corrected chi connectivity index (χ1v) is 13.4. The topological polar surface area (TPSA) is 130 Å². The molecule has 0 radical (unpaired) electrons. The van der Waals surface area contributed by atoms with Gasteiger partial charge in [0.15, 0.2) is 5.82 Å². The number of anilines is 1. The number of tetrazole rings is 1. The fourth-order valence-electron chi connectivity index (χ4n) is 5.10. The van der Waals surface area contributed by atoms with Crippen LogP contribution in [0.5, 0.6) is 0 Å². The molecule has 1 atom stereocenters. The number of nitrogens with zero attached hydrogens (tertiary/aromatic N) is 4. The summed E-state index contributed by atoms with van der Waals surface area (Å²) in [6.07, 6.45) is -4.18. The number of alkyl halides is 3.